The second-order valence-corrected chi connectivity index (χ2v) is 12.3. The Labute approximate surface area is 220 Å². The van der Waals surface area contributed by atoms with Crippen LogP contribution in [0, 0.1) is 0 Å². The number of carbonyl (C=O) groups excluding carboxylic acids is 1. The number of halogens is 1. The van der Waals surface area contributed by atoms with E-state index in [1.165, 1.54) is 63.2 Å². The summed E-state index contributed by atoms with van der Waals surface area (Å²) in [6.45, 7) is 2.24. The Balaban J connectivity index is 1.57. The Kier molecular flexibility index (Phi) is 7.34. The molecular formula is C27H23BrN2OS3. The minimum Gasteiger partial charge on any atom is -0.298 e. The summed E-state index contributed by atoms with van der Waals surface area (Å²) < 4.78 is 10.5. The number of aryl methyl sites for hydroxylation is 1. The van der Waals surface area contributed by atoms with Crippen LogP contribution >= 0.6 is 50.3 Å². The highest BCUT2D eigenvalue weighted by Gasteiger charge is 2.18. The second-order valence-electron chi connectivity index (χ2n) is 8.24. The van der Waals surface area contributed by atoms with E-state index in [1.54, 1.807) is 11.3 Å². The number of thiophene rings is 2. The molecule has 0 bridgehead atoms. The number of hydrogen-bond acceptors (Lipinski definition) is 6. The average Bonchev–Trinajstić information content (AvgIpc) is 3.61. The Morgan fingerprint density at radius 1 is 0.853 bits per heavy atom. The number of aldehydes is 1. The van der Waals surface area contributed by atoms with Crippen molar-refractivity contribution in [2.45, 2.75) is 39.0 Å². The third-order valence-electron chi connectivity index (χ3n) is 5.94. The van der Waals surface area contributed by atoms with Gasteiger partial charge in [-0.1, -0.05) is 62.6 Å². The van der Waals surface area contributed by atoms with Gasteiger partial charge in [0.25, 0.3) is 0 Å². The van der Waals surface area contributed by atoms with Crippen LogP contribution in [0.2, 0.25) is 0 Å². The zero-order valence-electron chi connectivity index (χ0n) is 18.7. The largest absolute Gasteiger partial charge is 0.298 e. The number of fused-ring (bicyclic) bond motifs is 1. The molecule has 2 aromatic carbocycles. The summed E-state index contributed by atoms with van der Waals surface area (Å²) in [5.41, 5.74) is 7.44. The highest BCUT2D eigenvalue weighted by molar-refractivity contribution is 9.11. The fraction of sp³-hybridized carbons (Fsp3) is 0.222. The number of rotatable bonds is 9. The normalized spacial score (nSPS) is 11.4. The fourth-order valence-electron chi connectivity index (χ4n) is 4.17. The van der Waals surface area contributed by atoms with E-state index >= 15 is 0 Å². The van der Waals surface area contributed by atoms with Crippen molar-refractivity contribution in [3.05, 3.63) is 69.5 Å². The summed E-state index contributed by atoms with van der Waals surface area (Å²) in [5, 5.41) is 0. The van der Waals surface area contributed by atoms with E-state index in [9.17, 15) is 4.79 Å². The molecule has 34 heavy (non-hydrogen) atoms. The number of nitrogens with zero attached hydrogens (tertiary/aromatic N) is 2. The Hall–Kier alpha value is -2.19. The van der Waals surface area contributed by atoms with Gasteiger partial charge >= 0.3 is 0 Å². The summed E-state index contributed by atoms with van der Waals surface area (Å²) in [4.78, 5) is 14.8. The standard InChI is InChI=1S/C27H23BrN2OS3/c1-2-3-4-5-6-19-15-23(33-27(19)18-9-7-17(16-31)8-10-18)21-12-11-20(22-13-14-24(28)32-22)25-26(21)30-34-29-25/h7-16H,2-6H2,1H3. The number of benzene rings is 2. The van der Waals surface area contributed by atoms with Crippen LogP contribution in [-0.4, -0.2) is 15.0 Å². The number of hydrogen-bond donors (Lipinski definition) is 0. The highest BCUT2D eigenvalue weighted by Crippen LogP contribution is 2.43. The smallest absolute Gasteiger partial charge is 0.150 e. The van der Waals surface area contributed by atoms with Crippen molar-refractivity contribution in [1.29, 1.82) is 0 Å². The van der Waals surface area contributed by atoms with E-state index in [-0.39, 0.29) is 0 Å². The Morgan fingerprint density at radius 2 is 1.59 bits per heavy atom. The lowest BCUT2D eigenvalue weighted by Gasteiger charge is -2.04. The molecule has 3 nitrogen and oxygen atoms in total. The highest BCUT2D eigenvalue weighted by atomic mass is 79.9. The predicted molar refractivity (Wildman–Crippen MR) is 150 cm³/mol. The van der Waals surface area contributed by atoms with E-state index in [2.05, 4.69) is 69.7 Å². The summed E-state index contributed by atoms with van der Waals surface area (Å²) in [6.07, 6.45) is 6.89. The molecular weight excluding hydrogens is 544 g/mol. The maximum absolute atomic E-state index is 11.1. The molecule has 3 aromatic heterocycles. The minimum atomic E-state index is 0.705. The van der Waals surface area contributed by atoms with Gasteiger partial charge in [0.05, 0.1) is 15.5 Å². The van der Waals surface area contributed by atoms with Crippen molar-refractivity contribution in [1.82, 2.24) is 8.75 Å². The molecule has 172 valence electrons. The van der Waals surface area contributed by atoms with Gasteiger partial charge in [0.2, 0.25) is 0 Å². The molecule has 0 aliphatic carbocycles. The Bertz CT molecular complexity index is 1430. The molecule has 0 saturated heterocycles. The van der Waals surface area contributed by atoms with Crippen LogP contribution in [0.25, 0.3) is 42.4 Å². The number of unbranched alkanes of at least 4 members (excludes halogenated alkanes) is 3. The molecule has 0 fully saturated rings. The summed E-state index contributed by atoms with van der Waals surface area (Å²) in [5.74, 6) is 0. The molecule has 3 heterocycles. The number of aromatic nitrogens is 2. The molecule has 5 rings (SSSR count). The molecule has 0 aliphatic rings. The molecule has 0 saturated carbocycles. The lowest BCUT2D eigenvalue weighted by atomic mass is 10.0. The van der Waals surface area contributed by atoms with Crippen LogP contribution in [0.5, 0.6) is 0 Å². The zero-order valence-corrected chi connectivity index (χ0v) is 22.7. The summed E-state index contributed by atoms with van der Waals surface area (Å²) in [6, 6.07) is 18.8. The monoisotopic (exact) mass is 566 g/mol. The quantitative estimate of drug-likeness (QED) is 0.132. The van der Waals surface area contributed by atoms with Crippen molar-refractivity contribution in [2.75, 3.05) is 0 Å². The van der Waals surface area contributed by atoms with Gasteiger partial charge in [-0.3, -0.25) is 4.79 Å². The molecule has 0 radical (unpaired) electrons. The van der Waals surface area contributed by atoms with Crippen LogP contribution in [-0.2, 0) is 6.42 Å². The van der Waals surface area contributed by atoms with Gasteiger partial charge in [0, 0.05) is 31.3 Å². The molecule has 7 heteroatoms. The van der Waals surface area contributed by atoms with E-state index in [4.69, 9.17) is 4.37 Å². The molecule has 0 aliphatic heterocycles. The fourth-order valence-corrected chi connectivity index (χ4v) is 7.40. The lowest BCUT2D eigenvalue weighted by molar-refractivity contribution is 0.112. The first-order valence-electron chi connectivity index (χ1n) is 11.4. The third-order valence-corrected chi connectivity index (χ3v) is 9.38. The van der Waals surface area contributed by atoms with Gasteiger partial charge in [0.1, 0.15) is 17.3 Å². The first kappa shape index (κ1) is 23.5. The van der Waals surface area contributed by atoms with Crippen LogP contribution in [0.4, 0.5) is 0 Å². The predicted octanol–water partition coefficient (Wildman–Crippen LogP) is 9.51. The average molecular weight is 568 g/mol. The summed E-state index contributed by atoms with van der Waals surface area (Å²) in [7, 11) is 0. The van der Waals surface area contributed by atoms with E-state index in [0.29, 0.717) is 5.56 Å². The first-order valence-corrected chi connectivity index (χ1v) is 14.5. The maximum atomic E-state index is 11.1. The van der Waals surface area contributed by atoms with Gasteiger partial charge in [0.15, 0.2) is 0 Å². The maximum Gasteiger partial charge on any atom is 0.150 e. The second kappa shape index (κ2) is 10.6. The van der Waals surface area contributed by atoms with Crippen molar-refractivity contribution < 1.29 is 4.79 Å². The van der Waals surface area contributed by atoms with Gasteiger partial charge in [-0.2, -0.15) is 8.75 Å². The summed E-state index contributed by atoms with van der Waals surface area (Å²) >= 11 is 8.37. The molecule has 0 atom stereocenters. The van der Waals surface area contributed by atoms with Gasteiger partial charge in [-0.05, 0) is 58.1 Å². The lowest BCUT2D eigenvalue weighted by Crippen LogP contribution is -1.87. The van der Waals surface area contributed by atoms with Crippen LogP contribution in [0.1, 0.15) is 48.5 Å². The molecule has 0 unspecified atom stereocenters. The molecule has 0 amide bonds. The van der Waals surface area contributed by atoms with Gasteiger partial charge < -0.3 is 0 Å². The van der Waals surface area contributed by atoms with Crippen molar-refractivity contribution in [3.8, 4) is 31.3 Å². The molecule has 0 spiro atoms. The SMILES string of the molecule is CCCCCCc1cc(-c2ccc(-c3ccc(Br)s3)c3nsnc23)sc1-c1ccc(C=O)cc1. The Morgan fingerprint density at radius 3 is 2.24 bits per heavy atom. The van der Waals surface area contributed by atoms with Crippen molar-refractivity contribution >= 4 is 67.7 Å². The third kappa shape index (κ3) is 4.80. The van der Waals surface area contributed by atoms with Crippen LogP contribution < -0.4 is 0 Å². The van der Waals surface area contributed by atoms with Gasteiger partial charge in [-0.15, -0.1) is 22.7 Å². The first-order chi connectivity index (χ1) is 16.7. The van der Waals surface area contributed by atoms with E-state index < -0.39 is 0 Å². The minimum absolute atomic E-state index is 0.705. The topological polar surface area (TPSA) is 42.9 Å². The van der Waals surface area contributed by atoms with E-state index in [1.807, 2.05) is 23.5 Å². The van der Waals surface area contributed by atoms with E-state index in [0.717, 1.165) is 38.7 Å². The van der Waals surface area contributed by atoms with Crippen LogP contribution in [0.15, 0.2) is 58.4 Å². The zero-order chi connectivity index (χ0) is 23.5. The molecule has 0 N–H and O–H groups in total. The van der Waals surface area contributed by atoms with Gasteiger partial charge in [-0.25, -0.2) is 0 Å². The number of carbonyl (C=O) groups is 1. The van der Waals surface area contributed by atoms with Crippen LogP contribution in [0.3, 0.4) is 0 Å². The van der Waals surface area contributed by atoms with Crippen molar-refractivity contribution in [2.24, 2.45) is 0 Å². The molecule has 5 aromatic rings. The van der Waals surface area contributed by atoms with Crippen molar-refractivity contribution in [3.63, 3.8) is 0 Å².